The molecule has 0 bridgehead atoms. The summed E-state index contributed by atoms with van der Waals surface area (Å²) in [5.41, 5.74) is -0.180. The Morgan fingerprint density at radius 1 is 1.41 bits per heavy atom. The number of hydrogen-bond donors (Lipinski definition) is 2. The SMILES string of the molecule is COC(C)(C(=O)NCCCO)c1ccccc1. The monoisotopic (exact) mass is 237 g/mol. The van der Waals surface area contributed by atoms with Crippen LogP contribution in [-0.4, -0.2) is 31.3 Å². The number of ether oxygens (including phenoxy) is 1. The average Bonchev–Trinajstić information content (AvgIpc) is 2.39. The van der Waals surface area contributed by atoms with Gasteiger partial charge < -0.3 is 15.2 Å². The van der Waals surface area contributed by atoms with Gasteiger partial charge in [-0.25, -0.2) is 0 Å². The fourth-order valence-corrected chi connectivity index (χ4v) is 1.55. The molecule has 0 aliphatic rings. The molecule has 4 heteroatoms. The molecule has 1 amide bonds. The van der Waals surface area contributed by atoms with Gasteiger partial charge >= 0.3 is 0 Å². The highest BCUT2D eigenvalue weighted by molar-refractivity contribution is 5.86. The first kappa shape index (κ1) is 13.7. The minimum atomic E-state index is -0.989. The van der Waals surface area contributed by atoms with E-state index < -0.39 is 5.60 Å². The lowest BCUT2D eigenvalue weighted by Crippen LogP contribution is -2.44. The molecule has 0 aromatic heterocycles. The molecule has 0 fully saturated rings. The van der Waals surface area contributed by atoms with Crippen molar-refractivity contribution in [1.29, 1.82) is 0 Å². The van der Waals surface area contributed by atoms with E-state index in [1.807, 2.05) is 30.3 Å². The van der Waals surface area contributed by atoms with E-state index in [-0.39, 0.29) is 12.5 Å². The third-order valence-electron chi connectivity index (χ3n) is 2.79. The first-order valence-electron chi connectivity index (χ1n) is 5.65. The lowest BCUT2D eigenvalue weighted by molar-refractivity contribution is -0.142. The molecular weight excluding hydrogens is 218 g/mol. The molecule has 0 spiro atoms. The highest BCUT2D eigenvalue weighted by atomic mass is 16.5. The normalized spacial score (nSPS) is 14.1. The molecule has 0 saturated carbocycles. The molecule has 94 valence electrons. The van der Waals surface area contributed by atoms with Crippen LogP contribution in [0.3, 0.4) is 0 Å². The Morgan fingerprint density at radius 3 is 2.59 bits per heavy atom. The Kier molecular flexibility index (Phi) is 5.12. The molecule has 0 saturated heterocycles. The van der Waals surface area contributed by atoms with Crippen LogP contribution < -0.4 is 5.32 Å². The quantitative estimate of drug-likeness (QED) is 0.727. The highest BCUT2D eigenvalue weighted by Crippen LogP contribution is 2.24. The van der Waals surface area contributed by atoms with Crippen molar-refractivity contribution in [2.75, 3.05) is 20.3 Å². The molecule has 1 aromatic rings. The van der Waals surface area contributed by atoms with E-state index in [0.717, 1.165) is 5.56 Å². The number of nitrogens with one attached hydrogen (secondary N) is 1. The number of aliphatic hydroxyl groups is 1. The number of hydrogen-bond acceptors (Lipinski definition) is 3. The minimum absolute atomic E-state index is 0.0648. The third-order valence-corrected chi connectivity index (χ3v) is 2.79. The van der Waals surface area contributed by atoms with Crippen molar-refractivity contribution in [2.45, 2.75) is 18.9 Å². The Balaban J connectivity index is 2.78. The molecule has 0 aliphatic heterocycles. The molecule has 0 aliphatic carbocycles. The van der Waals surface area contributed by atoms with Crippen LogP contribution in [0.25, 0.3) is 0 Å². The van der Waals surface area contributed by atoms with E-state index in [1.165, 1.54) is 7.11 Å². The van der Waals surface area contributed by atoms with Crippen LogP contribution in [0.4, 0.5) is 0 Å². The predicted octanol–water partition coefficient (Wildman–Crippen LogP) is 1.05. The van der Waals surface area contributed by atoms with Gasteiger partial charge in [-0.3, -0.25) is 4.79 Å². The van der Waals surface area contributed by atoms with Gasteiger partial charge in [-0.15, -0.1) is 0 Å². The van der Waals surface area contributed by atoms with Crippen LogP contribution in [0.5, 0.6) is 0 Å². The van der Waals surface area contributed by atoms with Crippen molar-refractivity contribution in [3.8, 4) is 0 Å². The molecule has 1 rings (SSSR count). The topological polar surface area (TPSA) is 58.6 Å². The Bertz CT molecular complexity index is 353. The van der Waals surface area contributed by atoms with E-state index in [4.69, 9.17) is 9.84 Å². The van der Waals surface area contributed by atoms with Gasteiger partial charge in [0.15, 0.2) is 5.60 Å². The maximum atomic E-state index is 12.1. The van der Waals surface area contributed by atoms with Crippen LogP contribution >= 0.6 is 0 Å². The summed E-state index contributed by atoms with van der Waals surface area (Å²) in [5.74, 6) is -0.195. The van der Waals surface area contributed by atoms with Crippen LogP contribution in [0.15, 0.2) is 30.3 Å². The predicted molar refractivity (Wildman–Crippen MR) is 65.5 cm³/mol. The van der Waals surface area contributed by atoms with Crippen molar-refractivity contribution in [2.24, 2.45) is 0 Å². The fourth-order valence-electron chi connectivity index (χ4n) is 1.55. The third kappa shape index (κ3) is 3.28. The van der Waals surface area contributed by atoms with Gasteiger partial charge in [-0.1, -0.05) is 30.3 Å². The first-order valence-corrected chi connectivity index (χ1v) is 5.65. The van der Waals surface area contributed by atoms with Gasteiger partial charge in [0.2, 0.25) is 0 Å². The summed E-state index contributed by atoms with van der Waals surface area (Å²) in [6, 6.07) is 9.34. The Hall–Kier alpha value is -1.39. The second kappa shape index (κ2) is 6.37. The Labute approximate surface area is 102 Å². The first-order chi connectivity index (χ1) is 8.15. The molecular formula is C13H19NO3. The fraction of sp³-hybridized carbons (Fsp3) is 0.462. The van der Waals surface area contributed by atoms with Crippen LogP contribution in [0, 0.1) is 0 Å². The molecule has 1 unspecified atom stereocenters. The number of methoxy groups -OCH3 is 1. The van der Waals surface area contributed by atoms with Gasteiger partial charge in [0.05, 0.1) is 0 Å². The second-order valence-corrected chi connectivity index (χ2v) is 3.94. The number of aliphatic hydroxyl groups excluding tert-OH is 1. The van der Waals surface area contributed by atoms with Crippen LogP contribution in [0.2, 0.25) is 0 Å². The smallest absolute Gasteiger partial charge is 0.256 e. The van der Waals surface area contributed by atoms with Gasteiger partial charge in [-0.2, -0.15) is 0 Å². The van der Waals surface area contributed by atoms with Crippen molar-refractivity contribution in [3.63, 3.8) is 0 Å². The number of amides is 1. The van der Waals surface area contributed by atoms with Gasteiger partial charge in [0.25, 0.3) is 5.91 Å². The summed E-state index contributed by atoms with van der Waals surface area (Å²) in [6.45, 7) is 2.24. The van der Waals surface area contributed by atoms with Gasteiger partial charge in [0, 0.05) is 20.3 Å². The van der Waals surface area contributed by atoms with Crippen molar-refractivity contribution >= 4 is 5.91 Å². The summed E-state index contributed by atoms with van der Waals surface area (Å²) >= 11 is 0. The molecule has 2 N–H and O–H groups in total. The molecule has 1 atom stereocenters. The second-order valence-electron chi connectivity index (χ2n) is 3.94. The van der Waals surface area contributed by atoms with E-state index in [9.17, 15) is 4.79 Å². The Morgan fingerprint density at radius 2 is 2.06 bits per heavy atom. The zero-order chi connectivity index (χ0) is 12.7. The van der Waals surface area contributed by atoms with E-state index in [2.05, 4.69) is 5.32 Å². The summed E-state index contributed by atoms with van der Waals surface area (Å²) in [4.78, 5) is 12.1. The average molecular weight is 237 g/mol. The molecule has 4 nitrogen and oxygen atoms in total. The zero-order valence-corrected chi connectivity index (χ0v) is 10.3. The number of carbonyl (C=O) groups is 1. The van der Waals surface area contributed by atoms with Gasteiger partial charge in [-0.05, 0) is 18.9 Å². The van der Waals surface area contributed by atoms with Crippen molar-refractivity contribution in [1.82, 2.24) is 5.32 Å². The van der Waals surface area contributed by atoms with Crippen LogP contribution in [-0.2, 0) is 15.1 Å². The molecule has 0 heterocycles. The molecule has 1 aromatic carbocycles. The van der Waals surface area contributed by atoms with E-state index in [1.54, 1.807) is 6.92 Å². The highest BCUT2D eigenvalue weighted by Gasteiger charge is 2.34. The number of benzene rings is 1. The van der Waals surface area contributed by atoms with Crippen LogP contribution in [0.1, 0.15) is 18.9 Å². The van der Waals surface area contributed by atoms with E-state index in [0.29, 0.717) is 13.0 Å². The summed E-state index contributed by atoms with van der Waals surface area (Å²) in [6.07, 6.45) is 0.542. The minimum Gasteiger partial charge on any atom is -0.396 e. The van der Waals surface area contributed by atoms with Gasteiger partial charge in [0.1, 0.15) is 0 Å². The van der Waals surface area contributed by atoms with Crippen molar-refractivity contribution < 1.29 is 14.6 Å². The number of carbonyl (C=O) groups excluding carboxylic acids is 1. The lowest BCUT2D eigenvalue weighted by atomic mass is 9.95. The zero-order valence-electron chi connectivity index (χ0n) is 10.3. The summed E-state index contributed by atoms with van der Waals surface area (Å²) in [5, 5.41) is 11.4. The number of rotatable bonds is 6. The summed E-state index contributed by atoms with van der Waals surface area (Å²) < 4.78 is 5.34. The molecule has 0 radical (unpaired) electrons. The maximum absolute atomic E-state index is 12.1. The largest absolute Gasteiger partial charge is 0.396 e. The van der Waals surface area contributed by atoms with E-state index >= 15 is 0 Å². The standard InChI is InChI=1S/C13H19NO3/c1-13(17-2,11-7-4-3-5-8-11)12(16)14-9-6-10-15/h3-5,7-8,15H,6,9-10H2,1-2H3,(H,14,16). The lowest BCUT2D eigenvalue weighted by Gasteiger charge is -2.27. The summed E-state index contributed by atoms with van der Waals surface area (Å²) in [7, 11) is 1.51. The van der Waals surface area contributed by atoms with Crippen molar-refractivity contribution in [3.05, 3.63) is 35.9 Å². The molecule has 17 heavy (non-hydrogen) atoms. The maximum Gasteiger partial charge on any atom is 0.256 e.